The zero-order valence-corrected chi connectivity index (χ0v) is 15.6. The maximum atomic E-state index is 13.4. The number of benzene rings is 1. The lowest BCUT2D eigenvalue weighted by Gasteiger charge is -2.24. The SMILES string of the molecule is NC1CN(c2ccc3c(=O)c(C(=O)O)cn(C4CC4)c3c2OC(F)F)CC12CC2. The van der Waals surface area contributed by atoms with Gasteiger partial charge in [-0.05, 0) is 37.8 Å². The molecule has 1 aromatic carbocycles. The maximum absolute atomic E-state index is 13.4. The first-order chi connectivity index (χ1) is 13.8. The summed E-state index contributed by atoms with van der Waals surface area (Å²) in [6, 6.07) is 3.00. The highest BCUT2D eigenvalue weighted by Gasteiger charge is 2.54. The molecule has 0 amide bonds. The van der Waals surface area contributed by atoms with Gasteiger partial charge < -0.3 is 25.0 Å². The molecule has 0 bridgehead atoms. The lowest BCUT2D eigenvalue weighted by atomic mass is 10.0. The summed E-state index contributed by atoms with van der Waals surface area (Å²) in [5, 5.41) is 9.47. The Kier molecular flexibility index (Phi) is 3.90. The summed E-state index contributed by atoms with van der Waals surface area (Å²) in [5.41, 5.74) is 5.93. The molecule has 1 aliphatic heterocycles. The average molecular weight is 405 g/mol. The van der Waals surface area contributed by atoms with Gasteiger partial charge in [0.15, 0.2) is 5.75 Å². The number of carboxylic acid groups (broad SMARTS) is 1. The second-order valence-electron chi connectivity index (χ2n) is 8.35. The molecule has 2 heterocycles. The van der Waals surface area contributed by atoms with Crippen LogP contribution in [0.5, 0.6) is 5.75 Å². The number of nitrogens with two attached hydrogens (primary N) is 1. The van der Waals surface area contributed by atoms with Crippen LogP contribution in [0.25, 0.3) is 10.9 Å². The van der Waals surface area contributed by atoms with Crippen LogP contribution in [0.4, 0.5) is 14.5 Å². The van der Waals surface area contributed by atoms with Crippen molar-refractivity contribution in [3.8, 4) is 5.75 Å². The molecule has 2 saturated carbocycles. The number of pyridine rings is 1. The summed E-state index contributed by atoms with van der Waals surface area (Å²) in [7, 11) is 0. The standard InChI is InChI=1S/C20H21F2N3O4/c21-19(22)29-17-13(24-8-14(23)20(9-24)5-6-20)4-3-11-15(17)25(10-1-2-10)7-12(16(11)26)18(27)28/h3-4,7,10,14,19H,1-2,5-6,8-9,23H2,(H,27,28). The molecule has 5 rings (SSSR count). The minimum atomic E-state index is -3.08. The van der Waals surface area contributed by atoms with Crippen molar-refractivity contribution in [2.24, 2.45) is 11.1 Å². The zero-order valence-electron chi connectivity index (χ0n) is 15.6. The second kappa shape index (κ2) is 6.16. The number of aromatic carboxylic acids is 1. The molecule has 1 spiro atoms. The van der Waals surface area contributed by atoms with Crippen molar-refractivity contribution in [2.75, 3.05) is 18.0 Å². The first-order valence-corrected chi connectivity index (χ1v) is 9.71. The molecule has 29 heavy (non-hydrogen) atoms. The van der Waals surface area contributed by atoms with Crippen LogP contribution < -0.4 is 20.8 Å². The molecule has 1 unspecified atom stereocenters. The average Bonchev–Trinajstić information content (AvgIpc) is 3.55. The van der Waals surface area contributed by atoms with Gasteiger partial charge in [0.1, 0.15) is 5.56 Å². The summed E-state index contributed by atoms with van der Waals surface area (Å²) in [6.07, 6.45) is 4.85. The summed E-state index contributed by atoms with van der Waals surface area (Å²) < 4.78 is 33.3. The molecule has 0 radical (unpaired) electrons. The van der Waals surface area contributed by atoms with E-state index in [0.717, 1.165) is 25.7 Å². The minimum absolute atomic E-state index is 0.0282. The number of hydrogen-bond acceptors (Lipinski definition) is 5. The van der Waals surface area contributed by atoms with Gasteiger partial charge in [0.05, 0.1) is 16.6 Å². The normalized spacial score (nSPS) is 22.6. The molecule has 1 atom stereocenters. The molecule has 1 saturated heterocycles. The number of anilines is 1. The number of hydrogen-bond donors (Lipinski definition) is 2. The van der Waals surface area contributed by atoms with Crippen LogP contribution in [0.1, 0.15) is 42.1 Å². The van der Waals surface area contributed by atoms with Gasteiger partial charge in [-0.1, -0.05) is 0 Å². The van der Waals surface area contributed by atoms with Crippen LogP contribution in [-0.4, -0.2) is 41.4 Å². The third-order valence-electron chi connectivity index (χ3n) is 6.45. The fraction of sp³-hybridized carbons (Fsp3) is 0.500. The molecule has 3 fully saturated rings. The number of carboxylic acids is 1. The largest absolute Gasteiger partial charge is 0.477 e. The van der Waals surface area contributed by atoms with Crippen molar-refractivity contribution < 1.29 is 23.4 Å². The predicted octanol–water partition coefficient (Wildman–Crippen LogP) is 2.56. The third kappa shape index (κ3) is 2.87. The van der Waals surface area contributed by atoms with Gasteiger partial charge in [0, 0.05) is 36.8 Å². The van der Waals surface area contributed by atoms with E-state index in [1.54, 1.807) is 10.6 Å². The number of rotatable bonds is 5. The Bertz CT molecular complexity index is 1080. The van der Waals surface area contributed by atoms with Crippen molar-refractivity contribution in [2.45, 2.75) is 44.4 Å². The highest BCUT2D eigenvalue weighted by Crippen LogP contribution is 2.54. The van der Waals surface area contributed by atoms with Crippen LogP contribution >= 0.6 is 0 Å². The topological polar surface area (TPSA) is 97.8 Å². The lowest BCUT2D eigenvalue weighted by Crippen LogP contribution is -2.30. The summed E-state index contributed by atoms with van der Waals surface area (Å²) in [4.78, 5) is 26.2. The van der Waals surface area contributed by atoms with E-state index in [9.17, 15) is 23.5 Å². The monoisotopic (exact) mass is 405 g/mol. The molecule has 1 aromatic heterocycles. The van der Waals surface area contributed by atoms with Crippen molar-refractivity contribution in [1.29, 1.82) is 0 Å². The summed E-state index contributed by atoms with van der Waals surface area (Å²) in [6.45, 7) is -1.90. The molecule has 7 nitrogen and oxygen atoms in total. The number of halogens is 2. The van der Waals surface area contributed by atoms with E-state index >= 15 is 0 Å². The lowest BCUT2D eigenvalue weighted by molar-refractivity contribution is -0.0487. The summed E-state index contributed by atoms with van der Waals surface area (Å²) >= 11 is 0. The Morgan fingerprint density at radius 3 is 2.59 bits per heavy atom. The Morgan fingerprint density at radius 1 is 1.31 bits per heavy atom. The van der Waals surface area contributed by atoms with Crippen LogP contribution in [0.3, 0.4) is 0 Å². The predicted molar refractivity (Wildman–Crippen MR) is 102 cm³/mol. The Hall–Kier alpha value is -2.68. The number of fused-ring (bicyclic) bond motifs is 1. The quantitative estimate of drug-likeness (QED) is 0.794. The van der Waals surface area contributed by atoms with Gasteiger partial charge in [-0.2, -0.15) is 8.78 Å². The molecule has 2 aliphatic carbocycles. The Labute approximate surface area is 164 Å². The van der Waals surface area contributed by atoms with Gasteiger partial charge in [0.2, 0.25) is 5.43 Å². The van der Waals surface area contributed by atoms with E-state index in [1.165, 1.54) is 12.3 Å². The van der Waals surface area contributed by atoms with E-state index < -0.39 is 18.0 Å². The van der Waals surface area contributed by atoms with Crippen LogP contribution in [-0.2, 0) is 0 Å². The third-order valence-corrected chi connectivity index (χ3v) is 6.45. The first-order valence-electron chi connectivity index (χ1n) is 9.71. The smallest absolute Gasteiger partial charge is 0.387 e. The van der Waals surface area contributed by atoms with Gasteiger partial charge in [-0.25, -0.2) is 4.79 Å². The highest BCUT2D eigenvalue weighted by atomic mass is 19.3. The second-order valence-corrected chi connectivity index (χ2v) is 8.35. The fourth-order valence-electron chi connectivity index (χ4n) is 4.52. The fourth-order valence-corrected chi connectivity index (χ4v) is 4.52. The maximum Gasteiger partial charge on any atom is 0.387 e. The number of nitrogens with zero attached hydrogens (tertiary/aromatic N) is 2. The highest BCUT2D eigenvalue weighted by molar-refractivity contribution is 5.97. The molecular weight excluding hydrogens is 384 g/mol. The zero-order chi connectivity index (χ0) is 20.5. The van der Waals surface area contributed by atoms with Gasteiger partial charge in [0.25, 0.3) is 0 Å². The van der Waals surface area contributed by atoms with E-state index in [1.807, 2.05) is 4.90 Å². The molecular formula is C20H21F2N3O4. The first kappa shape index (κ1) is 18.4. The minimum Gasteiger partial charge on any atom is -0.477 e. The number of aromatic nitrogens is 1. The summed E-state index contributed by atoms with van der Waals surface area (Å²) in [5.74, 6) is -1.42. The van der Waals surface area contributed by atoms with E-state index in [0.29, 0.717) is 18.8 Å². The number of carbonyl (C=O) groups is 1. The van der Waals surface area contributed by atoms with Crippen molar-refractivity contribution >= 4 is 22.6 Å². The van der Waals surface area contributed by atoms with Crippen LogP contribution in [0, 0.1) is 5.41 Å². The van der Waals surface area contributed by atoms with Crippen LogP contribution in [0.2, 0.25) is 0 Å². The number of alkyl halides is 2. The molecule has 154 valence electrons. The van der Waals surface area contributed by atoms with Gasteiger partial charge >= 0.3 is 12.6 Å². The number of ether oxygens (including phenoxy) is 1. The van der Waals surface area contributed by atoms with E-state index in [4.69, 9.17) is 10.5 Å². The van der Waals surface area contributed by atoms with Crippen LogP contribution in [0.15, 0.2) is 23.1 Å². The van der Waals surface area contributed by atoms with Crippen molar-refractivity contribution in [3.63, 3.8) is 0 Å². The van der Waals surface area contributed by atoms with E-state index in [2.05, 4.69) is 0 Å². The molecule has 3 N–H and O–H groups in total. The molecule has 2 aromatic rings. The Balaban J connectivity index is 1.75. The van der Waals surface area contributed by atoms with E-state index in [-0.39, 0.29) is 39.7 Å². The Morgan fingerprint density at radius 2 is 2.03 bits per heavy atom. The van der Waals surface area contributed by atoms with Gasteiger partial charge in [-0.15, -0.1) is 0 Å². The van der Waals surface area contributed by atoms with Crippen molar-refractivity contribution in [3.05, 3.63) is 34.1 Å². The molecule has 3 aliphatic rings. The van der Waals surface area contributed by atoms with Crippen molar-refractivity contribution in [1.82, 2.24) is 4.57 Å². The molecule has 9 heteroatoms. The van der Waals surface area contributed by atoms with Gasteiger partial charge in [-0.3, -0.25) is 4.79 Å².